The quantitative estimate of drug-likeness (QED) is 0.622. The third-order valence-electron chi connectivity index (χ3n) is 5.45. The van der Waals surface area contributed by atoms with Crippen molar-refractivity contribution in [2.75, 3.05) is 20.8 Å². The molecule has 1 aromatic carbocycles. The Balaban J connectivity index is 1.66. The molecular weight excluding hydrogens is 386 g/mol. The molecule has 0 saturated carbocycles. The first-order chi connectivity index (χ1) is 14.0. The maximum absolute atomic E-state index is 13.5. The minimum atomic E-state index is -0.0348. The van der Waals surface area contributed by atoms with Gasteiger partial charge in [-0.3, -0.25) is 4.79 Å². The number of carbonyl (C=O) groups is 1. The predicted molar refractivity (Wildman–Crippen MR) is 114 cm³/mol. The molecule has 3 heterocycles. The average molecular weight is 412 g/mol. The third-order valence-corrected chi connectivity index (χ3v) is 6.22. The van der Waals surface area contributed by atoms with Gasteiger partial charge in [0.1, 0.15) is 17.2 Å². The van der Waals surface area contributed by atoms with Gasteiger partial charge >= 0.3 is 0 Å². The number of aromatic nitrogens is 2. The lowest BCUT2D eigenvalue weighted by molar-refractivity contribution is 0.0724. The maximum Gasteiger partial charge on any atom is 0.271 e. The number of hydrogen-bond donors (Lipinski definition) is 0. The molecule has 4 rings (SSSR count). The zero-order valence-electron chi connectivity index (χ0n) is 17.1. The minimum absolute atomic E-state index is 0.0260. The van der Waals surface area contributed by atoms with Gasteiger partial charge in [-0.25, -0.2) is 4.98 Å². The van der Waals surface area contributed by atoms with E-state index in [-0.39, 0.29) is 11.9 Å². The van der Waals surface area contributed by atoms with Crippen LogP contribution in [0.4, 0.5) is 0 Å². The Bertz CT molecular complexity index is 1040. The smallest absolute Gasteiger partial charge is 0.271 e. The number of amides is 1. The van der Waals surface area contributed by atoms with E-state index in [1.165, 1.54) is 0 Å². The Morgan fingerprint density at radius 3 is 2.76 bits per heavy atom. The van der Waals surface area contributed by atoms with Crippen molar-refractivity contribution in [3.8, 4) is 22.8 Å². The highest BCUT2D eigenvalue weighted by Gasteiger charge is 2.34. The SMILES string of the molecule is COc1ccc(OC)c([C@@H]2CCCN2C(=O)c2cc(-c3csc(C)n3)cn2C)c1. The molecule has 1 atom stereocenters. The van der Waals surface area contributed by atoms with Crippen LogP contribution in [0.2, 0.25) is 0 Å². The number of thiazole rings is 1. The van der Waals surface area contributed by atoms with Crippen LogP contribution in [-0.4, -0.2) is 41.1 Å². The van der Waals surface area contributed by atoms with Crippen LogP contribution in [0, 0.1) is 6.92 Å². The van der Waals surface area contributed by atoms with E-state index in [0.29, 0.717) is 5.69 Å². The van der Waals surface area contributed by atoms with E-state index in [1.54, 1.807) is 25.6 Å². The summed E-state index contributed by atoms with van der Waals surface area (Å²) < 4.78 is 12.9. The Kier molecular flexibility index (Phi) is 5.32. The lowest BCUT2D eigenvalue weighted by atomic mass is 10.0. The van der Waals surface area contributed by atoms with Crippen LogP contribution in [-0.2, 0) is 7.05 Å². The van der Waals surface area contributed by atoms with Gasteiger partial charge in [-0.15, -0.1) is 11.3 Å². The summed E-state index contributed by atoms with van der Waals surface area (Å²) >= 11 is 1.61. The van der Waals surface area contributed by atoms with Gasteiger partial charge in [0.25, 0.3) is 5.91 Å². The summed E-state index contributed by atoms with van der Waals surface area (Å²) in [6, 6.07) is 7.66. The van der Waals surface area contributed by atoms with Crippen LogP contribution in [0.25, 0.3) is 11.3 Å². The van der Waals surface area contributed by atoms with Crippen LogP contribution in [0.1, 0.15) is 39.9 Å². The molecule has 0 bridgehead atoms. The Morgan fingerprint density at radius 2 is 2.07 bits per heavy atom. The molecule has 6 nitrogen and oxygen atoms in total. The molecule has 1 aliphatic heterocycles. The van der Waals surface area contributed by atoms with Crippen molar-refractivity contribution in [1.82, 2.24) is 14.5 Å². The van der Waals surface area contributed by atoms with E-state index < -0.39 is 0 Å². The molecule has 1 aliphatic rings. The Labute approximate surface area is 174 Å². The first kappa shape index (κ1) is 19.5. The number of hydrogen-bond acceptors (Lipinski definition) is 5. The standard InChI is InChI=1S/C22H25N3O3S/c1-14-23-18(13-29-14)15-10-20(24(2)12-15)22(26)25-9-5-6-19(25)17-11-16(27-3)7-8-21(17)28-4/h7-8,10-13,19H,5-6,9H2,1-4H3/t19-/m0/s1. The van der Waals surface area contributed by atoms with Gasteiger partial charge in [0.15, 0.2) is 0 Å². The van der Waals surface area contributed by atoms with Crippen LogP contribution in [0.15, 0.2) is 35.8 Å². The van der Waals surface area contributed by atoms with Crippen molar-refractivity contribution >= 4 is 17.2 Å². The summed E-state index contributed by atoms with van der Waals surface area (Å²) in [7, 11) is 5.22. The van der Waals surface area contributed by atoms with Gasteiger partial charge in [0.05, 0.1) is 31.0 Å². The number of nitrogens with zero attached hydrogens (tertiary/aromatic N) is 3. The van der Waals surface area contributed by atoms with Crippen molar-refractivity contribution in [2.24, 2.45) is 7.05 Å². The van der Waals surface area contributed by atoms with Crippen LogP contribution in [0.3, 0.4) is 0 Å². The first-order valence-electron chi connectivity index (χ1n) is 9.63. The number of methoxy groups -OCH3 is 2. The monoisotopic (exact) mass is 411 g/mol. The topological polar surface area (TPSA) is 56.6 Å². The number of carbonyl (C=O) groups excluding carboxylic acids is 1. The van der Waals surface area contributed by atoms with Gasteiger partial charge < -0.3 is 18.9 Å². The summed E-state index contributed by atoms with van der Waals surface area (Å²) in [5.74, 6) is 1.57. The predicted octanol–water partition coefficient (Wildman–Crippen LogP) is 4.45. The number of likely N-dealkylation sites (tertiary alicyclic amines) is 1. The van der Waals surface area contributed by atoms with Crippen molar-refractivity contribution in [2.45, 2.75) is 25.8 Å². The molecule has 3 aromatic rings. The van der Waals surface area contributed by atoms with Crippen molar-refractivity contribution in [3.05, 3.63) is 52.1 Å². The normalized spacial score (nSPS) is 16.3. The number of aryl methyl sites for hydroxylation is 2. The first-order valence-corrected chi connectivity index (χ1v) is 10.5. The lowest BCUT2D eigenvalue weighted by Gasteiger charge is -2.27. The molecule has 0 aliphatic carbocycles. The fourth-order valence-electron chi connectivity index (χ4n) is 3.99. The summed E-state index contributed by atoms with van der Waals surface area (Å²) in [6.45, 7) is 2.71. The van der Waals surface area contributed by atoms with Gasteiger partial charge in [0, 0.05) is 36.3 Å². The molecule has 0 radical (unpaired) electrons. The van der Waals surface area contributed by atoms with Gasteiger partial charge in [0.2, 0.25) is 0 Å². The summed E-state index contributed by atoms with van der Waals surface area (Å²) in [6.07, 6.45) is 3.83. The summed E-state index contributed by atoms with van der Waals surface area (Å²) in [5.41, 5.74) is 3.53. The van der Waals surface area contributed by atoms with Crippen LogP contribution >= 0.6 is 11.3 Å². The zero-order chi connectivity index (χ0) is 20.5. The summed E-state index contributed by atoms with van der Waals surface area (Å²) in [4.78, 5) is 20.0. The molecule has 1 saturated heterocycles. The van der Waals surface area contributed by atoms with E-state index in [2.05, 4.69) is 4.98 Å². The molecule has 0 N–H and O–H groups in total. The lowest BCUT2D eigenvalue weighted by Crippen LogP contribution is -2.32. The summed E-state index contributed by atoms with van der Waals surface area (Å²) in [5, 5.41) is 3.04. The van der Waals surface area contributed by atoms with Crippen molar-refractivity contribution in [3.63, 3.8) is 0 Å². The molecule has 7 heteroatoms. The molecule has 0 spiro atoms. The second kappa shape index (κ2) is 7.91. The highest BCUT2D eigenvalue weighted by atomic mass is 32.1. The van der Waals surface area contributed by atoms with Crippen LogP contribution in [0.5, 0.6) is 11.5 Å². The Hall–Kier alpha value is -2.80. The highest BCUT2D eigenvalue weighted by molar-refractivity contribution is 7.09. The largest absolute Gasteiger partial charge is 0.497 e. The van der Waals surface area contributed by atoms with E-state index >= 15 is 0 Å². The van der Waals surface area contributed by atoms with Gasteiger partial charge in [-0.05, 0) is 44.0 Å². The second-order valence-electron chi connectivity index (χ2n) is 7.24. The molecular formula is C22H25N3O3S. The third kappa shape index (κ3) is 3.62. The van der Waals surface area contributed by atoms with E-state index in [9.17, 15) is 4.79 Å². The number of ether oxygens (including phenoxy) is 2. The molecule has 1 amide bonds. The molecule has 152 valence electrons. The van der Waals surface area contributed by atoms with E-state index in [0.717, 1.165) is 52.7 Å². The molecule has 0 unspecified atom stereocenters. The number of benzene rings is 1. The highest BCUT2D eigenvalue weighted by Crippen LogP contribution is 2.40. The Morgan fingerprint density at radius 1 is 1.24 bits per heavy atom. The van der Waals surface area contributed by atoms with Crippen LogP contribution < -0.4 is 9.47 Å². The maximum atomic E-state index is 13.5. The van der Waals surface area contributed by atoms with Crippen molar-refractivity contribution < 1.29 is 14.3 Å². The fourth-order valence-corrected chi connectivity index (χ4v) is 4.62. The molecule has 2 aromatic heterocycles. The molecule has 29 heavy (non-hydrogen) atoms. The van der Waals surface area contributed by atoms with E-state index in [4.69, 9.17) is 9.47 Å². The van der Waals surface area contributed by atoms with Gasteiger partial charge in [-0.2, -0.15) is 0 Å². The van der Waals surface area contributed by atoms with Gasteiger partial charge in [-0.1, -0.05) is 0 Å². The van der Waals surface area contributed by atoms with E-state index in [1.807, 2.05) is 59.3 Å². The van der Waals surface area contributed by atoms with Crippen molar-refractivity contribution in [1.29, 1.82) is 0 Å². The fraction of sp³-hybridized carbons (Fsp3) is 0.364. The molecule has 1 fully saturated rings. The minimum Gasteiger partial charge on any atom is -0.497 e. The average Bonchev–Trinajstić information content (AvgIpc) is 3.46. The second-order valence-corrected chi connectivity index (χ2v) is 8.30. The zero-order valence-corrected chi connectivity index (χ0v) is 18.0. The number of rotatable bonds is 5.